The number of piperazine rings is 1. The molecule has 0 spiro atoms. The number of halogens is 2. The third-order valence-electron chi connectivity index (χ3n) is 3.23. The maximum atomic E-state index is 6.03. The average Bonchev–Trinajstić information content (AvgIpc) is 2.36. The van der Waals surface area contributed by atoms with Crippen LogP contribution in [-0.2, 0) is 6.54 Å². The molecule has 1 heterocycles. The van der Waals surface area contributed by atoms with Gasteiger partial charge in [0.15, 0.2) is 0 Å². The molecule has 1 fully saturated rings. The van der Waals surface area contributed by atoms with Crippen molar-refractivity contribution in [2.75, 3.05) is 32.7 Å². The van der Waals surface area contributed by atoms with E-state index in [1.165, 1.54) is 5.56 Å². The summed E-state index contributed by atoms with van der Waals surface area (Å²) in [4.78, 5) is 5.25. The van der Waals surface area contributed by atoms with E-state index in [-0.39, 0.29) is 0 Å². The Labute approximate surface area is 129 Å². The van der Waals surface area contributed by atoms with Crippen LogP contribution in [0.15, 0.2) is 18.2 Å². The number of rotatable bonds is 4. The lowest BCUT2D eigenvalue weighted by molar-refractivity contribution is 0.140. The molecule has 0 atom stereocenters. The zero-order valence-electron chi connectivity index (χ0n) is 10.6. The van der Waals surface area contributed by atoms with Crippen LogP contribution >= 0.6 is 35.4 Å². The first-order valence-electron chi connectivity index (χ1n) is 6.21. The second kappa shape index (κ2) is 6.86. The lowest BCUT2D eigenvalue weighted by Gasteiger charge is -2.34. The van der Waals surface area contributed by atoms with Gasteiger partial charge in [0.1, 0.15) is 0 Å². The highest BCUT2D eigenvalue weighted by Gasteiger charge is 2.17. The van der Waals surface area contributed by atoms with Crippen LogP contribution in [0.5, 0.6) is 0 Å². The lowest BCUT2D eigenvalue weighted by atomic mass is 10.2. The highest BCUT2D eigenvalue weighted by molar-refractivity contribution is 7.80. The number of benzene rings is 1. The van der Waals surface area contributed by atoms with Gasteiger partial charge in [-0.3, -0.25) is 9.80 Å². The van der Waals surface area contributed by atoms with Gasteiger partial charge in [-0.2, -0.15) is 0 Å². The molecule has 3 nitrogen and oxygen atoms in total. The molecule has 6 heteroatoms. The molecular formula is C13H17Cl2N3S. The van der Waals surface area contributed by atoms with Gasteiger partial charge in [-0.05, 0) is 17.7 Å². The highest BCUT2D eigenvalue weighted by Crippen LogP contribution is 2.23. The topological polar surface area (TPSA) is 32.5 Å². The Kier molecular flexibility index (Phi) is 5.42. The molecule has 0 unspecified atom stereocenters. The van der Waals surface area contributed by atoms with Crippen LogP contribution in [0.3, 0.4) is 0 Å². The van der Waals surface area contributed by atoms with E-state index in [2.05, 4.69) is 9.80 Å². The van der Waals surface area contributed by atoms with E-state index in [1.807, 2.05) is 18.2 Å². The third-order valence-corrected chi connectivity index (χ3v) is 4.10. The van der Waals surface area contributed by atoms with E-state index in [1.54, 1.807) is 0 Å². The summed E-state index contributed by atoms with van der Waals surface area (Å²) in [5.41, 5.74) is 6.75. The van der Waals surface area contributed by atoms with Crippen molar-refractivity contribution in [2.45, 2.75) is 6.54 Å². The van der Waals surface area contributed by atoms with E-state index < -0.39 is 0 Å². The van der Waals surface area contributed by atoms with Gasteiger partial charge < -0.3 is 5.73 Å². The van der Waals surface area contributed by atoms with Crippen molar-refractivity contribution in [1.29, 1.82) is 0 Å². The predicted molar refractivity (Wildman–Crippen MR) is 85.0 cm³/mol. The normalized spacial score (nSPS) is 17.6. The zero-order valence-corrected chi connectivity index (χ0v) is 12.9. The van der Waals surface area contributed by atoms with E-state index in [0.717, 1.165) is 39.3 Å². The second-order valence-electron chi connectivity index (χ2n) is 4.77. The zero-order chi connectivity index (χ0) is 13.8. The first-order chi connectivity index (χ1) is 9.04. The van der Waals surface area contributed by atoms with E-state index in [4.69, 9.17) is 41.2 Å². The fraction of sp³-hybridized carbons (Fsp3) is 0.462. The molecule has 0 saturated carbocycles. The molecule has 19 heavy (non-hydrogen) atoms. The summed E-state index contributed by atoms with van der Waals surface area (Å²) >= 11 is 16.9. The average molecular weight is 318 g/mol. The van der Waals surface area contributed by atoms with Crippen LogP contribution in [0, 0.1) is 0 Å². The molecule has 2 N–H and O–H groups in total. The van der Waals surface area contributed by atoms with Gasteiger partial charge in [-0.15, -0.1) is 0 Å². The molecule has 1 aliphatic heterocycles. The minimum absolute atomic E-state index is 0.568. The maximum Gasteiger partial charge on any atom is 0.0870 e. The monoisotopic (exact) mass is 317 g/mol. The first-order valence-corrected chi connectivity index (χ1v) is 7.38. The van der Waals surface area contributed by atoms with Gasteiger partial charge >= 0.3 is 0 Å². The fourth-order valence-corrected chi connectivity index (χ4v) is 2.73. The molecule has 0 radical (unpaired) electrons. The van der Waals surface area contributed by atoms with Crippen LogP contribution in [0.1, 0.15) is 5.56 Å². The predicted octanol–water partition coefficient (Wildman–Crippen LogP) is 2.40. The highest BCUT2D eigenvalue weighted by atomic mass is 35.5. The van der Waals surface area contributed by atoms with Crippen molar-refractivity contribution < 1.29 is 0 Å². The Balaban J connectivity index is 1.85. The quantitative estimate of drug-likeness (QED) is 0.864. The molecule has 0 bridgehead atoms. The lowest BCUT2D eigenvalue weighted by Crippen LogP contribution is -2.48. The Hall–Kier alpha value is -0.390. The van der Waals surface area contributed by atoms with Gasteiger partial charge in [0, 0.05) is 39.3 Å². The second-order valence-corrected chi connectivity index (χ2v) is 6.11. The molecular weight excluding hydrogens is 301 g/mol. The molecule has 1 aromatic rings. The molecule has 104 valence electrons. The smallest absolute Gasteiger partial charge is 0.0870 e. The number of nitrogens with zero attached hydrogens (tertiary/aromatic N) is 2. The van der Waals surface area contributed by atoms with E-state index in [0.29, 0.717) is 15.0 Å². The molecule has 1 aliphatic rings. The number of thiocarbonyl (C=S) groups is 1. The van der Waals surface area contributed by atoms with Crippen LogP contribution < -0.4 is 5.73 Å². The molecule has 0 amide bonds. The maximum absolute atomic E-state index is 6.03. The van der Waals surface area contributed by atoms with Crippen molar-refractivity contribution in [3.05, 3.63) is 33.8 Å². The third kappa shape index (κ3) is 4.58. The summed E-state index contributed by atoms with van der Waals surface area (Å²) in [7, 11) is 0. The molecule has 0 aromatic heterocycles. The fourth-order valence-electron chi connectivity index (χ4n) is 2.22. The van der Waals surface area contributed by atoms with Crippen LogP contribution in [-0.4, -0.2) is 47.5 Å². The minimum Gasteiger partial charge on any atom is -0.392 e. The van der Waals surface area contributed by atoms with Crippen molar-refractivity contribution in [3.63, 3.8) is 0 Å². The molecule has 0 aliphatic carbocycles. The summed E-state index contributed by atoms with van der Waals surface area (Å²) in [5, 5.41) is 1.22. The first kappa shape index (κ1) is 15.0. The van der Waals surface area contributed by atoms with Crippen LogP contribution in [0.2, 0.25) is 10.0 Å². The van der Waals surface area contributed by atoms with Crippen molar-refractivity contribution >= 4 is 40.4 Å². The standard InChI is InChI=1S/C13H17Cl2N3S/c14-11-2-1-10(7-12(11)15)8-17-3-5-18(6-4-17)9-13(16)19/h1-2,7H,3-6,8-9H2,(H2,16,19). The number of nitrogens with two attached hydrogens (primary N) is 1. The summed E-state index contributed by atoms with van der Waals surface area (Å²) in [5.74, 6) is 0. The number of hydrogen-bond donors (Lipinski definition) is 1. The summed E-state index contributed by atoms with van der Waals surface area (Å²) < 4.78 is 0. The summed E-state index contributed by atoms with van der Waals surface area (Å²) in [6, 6.07) is 5.81. The Morgan fingerprint density at radius 1 is 1.11 bits per heavy atom. The Morgan fingerprint density at radius 3 is 2.32 bits per heavy atom. The number of hydrogen-bond acceptors (Lipinski definition) is 3. The largest absolute Gasteiger partial charge is 0.392 e. The van der Waals surface area contributed by atoms with Gasteiger partial charge in [0.2, 0.25) is 0 Å². The van der Waals surface area contributed by atoms with Gasteiger partial charge in [0.05, 0.1) is 15.0 Å². The summed E-state index contributed by atoms with van der Waals surface area (Å²) in [6.45, 7) is 5.65. The van der Waals surface area contributed by atoms with Gasteiger partial charge in [0.25, 0.3) is 0 Å². The molecule has 2 rings (SSSR count). The Bertz CT molecular complexity index is 459. The SMILES string of the molecule is NC(=S)CN1CCN(Cc2ccc(Cl)c(Cl)c2)CC1. The van der Waals surface area contributed by atoms with E-state index >= 15 is 0 Å². The Morgan fingerprint density at radius 2 is 1.74 bits per heavy atom. The summed E-state index contributed by atoms with van der Waals surface area (Å²) in [6.07, 6.45) is 0. The molecule has 1 saturated heterocycles. The van der Waals surface area contributed by atoms with Gasteiger partial charge in [-0.25, -0.2) is 0 Å². The van der Waals surface area contributed by atoms with Crippen molar-refractivity contribution in [3.8, 4) is 0 Å². The van der Waals surface area contributed by atoms with E-state index in [9.17, 15) is 0 Å². The molecule has 1 aromatic carbocycles. The minimum atomic E-state index is 0.568. The van der Waals surface area contributed by atoms with Crippen molar-refractivity contribution in [1.82, 2.24) is 9.80 Å². The van der Waals surface area contributed by atoms with Crippen LogP contribution in [0.4, 0.5) is 0 Å². The van der Waals surface area contributed by atoms with Gasteiger partial charge in [-0.1, -0.05) is 41.5 Å². The van der Waals surface area contributed by atoms with Crippen LogP contribution in [0.25, 0.3) is 0 Å². The van der Waals surface area contributed by atoms with Crippen molar-refractivity contribution in [2.24, 2.45) is 5.73 Å².